The minimum atomic E-state index is 0.329. The first-order chi connectivity index (χ1) is 5.14. The van der Waals surface area contributed by atoms with E-state index in [0.29, 0.717) is 17.9 Å². The van der Waals surface area contributed by atoms with Crippen LogP contribution in [-0.4, -0.2) is 11.7 Å². The molecule has 0 bridgehead atoms. The summed E-state index contributed by atoms with van der Waals surface area (Å²) in [5.74, 6) is 0.632. The van der Waals surface area contributed by atoms with Crippen molar-refractivity contribution in [1.29, 1.82) is 0 Å². The highest BCUT2D eigenvalue weighted by molar-refractivity contribution is 5.02. The topological polar surface area (TPSA) is 20.2 Å². The molecule has 0 aromatic heterocycles. The fourth-order valence-electron chi connectivity index (χ4n) is 1.54. The molecule has 1 heteroatoms. The second-order valence-electron chi connectivity index (χ2n) is 4.16. The molecule has 0 radical (unpaired) electrons. The van der Waals surface area contributed by atoms with Gasteiger partial charge in [-0.1, -0.05) is 26.0 Å². The lowest BCUT2D eigenvalue weighted by atomic mass is 9.78. The van der Waals surface area contributed by atoms with Gasteiger partial charge in [-0.2, -0.15) is 0 Å². The Morgan fingerprint density at radius 1 is 1.55 bits per heavy atom. The van der Waals surface area contributed by atoms with Gasteiger partial charge < -0.3 is 5.11 Å². The third kappa shape index (κ3) is 2.66. The van der Waals surface area contributed by atoms with Crippen LogP contribution in [0, 0.1) is 11.3 Å². The maximum atomic E-state index is 8.71. The molecule has 0 aliphatic heterocycles. The van der Waals surface area contributed by atoms with Crippen LogP contribution in [0.5, 0.6) is 0 Å². The first-order valence-corrected chi connectivity index (χ1v) is 4.44. The summed E-state index contributed by atoms with van der Waals surface area (Å²) in [6, 6.07) is 0. The molecule has 0 spiro atoms. The molecule has 0 aromatic carbocycles. The number of aliphatic hydroxyl groups excluding tert-OH is 1. The molecule has 0 amide bonds. The summed E-state index contributed by atoms with van der Waals surface area (Å²) in [6.45, 7) is 4.85. The lowest BCUT2D eigenvalue weighted by Crippen LogP contribution is -2.16. The Morgan fingerprint density at radius 2 is 2.27 bits per heavy atom. The van der Waals surface area contributed by atoms with Crippen molar-refractivity contribution in [3.8, 4) is 0 Å². The van der Waals surface area contributed by atoms with E-state index in [0.717, 1.165) is 6.42 Å². The van der Waals surface area contributed by atoms with Crippen molar-refractivity contribution < 1.29 is 5.11 Å². The second kappa shape index (κ2) is 3.40. The van der Waals surface area contributed by atoms with Crippen LogP contribution in [0.1, 0.15) is 33.1 Å². The van der Waals surface area contributed by atoms with E-state index in [4.69, 9.17) is 5.11 Å². The lowest BCUT2D eigenvalue weighted by molar-refractivity contribution is 0.251. The summed E-state index contributed by atoms with van der Waals surface area (Å²) < 4.78 is 0. The molecule has 0 saturated heterocycles. The predicted molar refractivity (Wildman–Crippen MR) is 47.3 cm³/mol. The first kappa shape index (κ1) is 8.79. The van der Waals surface area contributed by atoms with Gasteiger partial charge in [0.25, 0.3) is 0 Å². The number of hydrogen-bond donors (Lipinski definition) is 1. The van der Waals surface area contributed by atoms with E-state index in [1.807, 2.05) is 0 Å². The largest absolute Gasteiger partial charge is 0.396 e. The molecule has 0 heterocycles. The average Bonchev–Trinajstić information content (AvgIpc) is 1.94. The number of hydrogen-bond acceptors (Lipinski definition) is 1. The van der Waals surface area contributed by atoms with Crippen LogP contribution in [0.2, 0.25) is 0 Å². The van der Waals surface area contributed by atoms with Gasteiger partial charge >= 0.3 is 0 Å². The summed E-state index contributed by atoms with van der Waals surface area (Å²) in [5.41, 5.74) is 0.395. The zero-order valence-corrected chi connectivity index (χ0v) is 7.51. The highest BCUT2D eigenvalue weighted by atomic mass is 16.3. The van der Waals surface area contributed by atoms with Crippen LogP contribution in [-0.2, 0) is 0 Å². The third-order valence-electron chi connectivity index (χ3n) is 2.48. The van der Waals surface area contributed by atoms with Crippen LogP contribution >= 0.6 is 0 Å². The van der Waals surface area contributed by atoms with Crippen molar-refractivity contribution in [2.75, 3.05) is 6.61 Å². The van der Waals surface area contributed by atoms with Crippen LogP contribution in [0.15, 0.2) is 12.2 Å². The minimum absolute atomic E-state index is 0.329. The number of aliphatic hydroxyl groups is 1. The molecule has 1 aliphatic carbocycles. The maximum Gasteiger partial charge on any atom is 0.0436 e. The van der Waals surface area contributed by atoms with Crippen molar-refractivity contribution in [3.05, 3.63) is 12.2 Å². The van der Waals surface area contributed by atoms with Crippen molar-refractivity contribution >= 4 is 0 Å². The summed E-state index contributed by atoms with van der Waals surface area (Å²) >= 11 is 0. The molecule has 1 nitrogen and oxygen atoms in total. The number of allylic oxidation sites excluding steroid dienone is 2. The van der Waals surface area contributed by atoms with Crippen LogP contribution in [0.25, 0.3) is 0 Å². The highest BCUT2D eigenvalue weighted by Crippen LogP contribution is 2.33. The van der Waals surface area contributed by atoms with Crippen LogP contribution in [0.4, 0.5) is 0 Å². The molecule has 1 N–H and O–H groups in total. The normalized spacial score (nSPS) is 28.8. The minimum Gasteiger partial charge on any atom is -0.396 e. The van der Waals surface area contributed by atoms with Gasteiger partial charge in [-0.05, 0) is 30.6 Å². The SMILES string of the molecule is CC1(C)C=C[C@@H](CCO)CC1. The number of rotatable bonds is 2. The van der Waals surface area contributed by atoms with Crippen LogP contribution < -0.4 is 0 Å². The van der Waals surface area contributed by atoms with Gasteiger partial charge in [0.05, 0.1) is 0 Å². The van der Waals surface area contributed by atoms with Gasteiger partial charge in [-0.25, -0.2) is 0 Å². The standard InChI is InChI=1S/C10H18O/c1-10(2)6-3-9(4-7-10)5-8-11/h3,6,9,11H,4-5,7-8H2,1-2H3/t9-/m1/s1. The van der Waals surface area contributed by atoms with E-state index < -0.39 is 0 Å². The average molecular weight is 154 g/mol. The first-order valence-electron chi connectivity index (χ1n) is 4.44. The van der Waals surface area contributed by atoms with Gasteiger partial charge in [0.1, 0.15) is 0 Å². The Kier molecular flexibility index (Phi) is 2.72. The van der Waals surface area contributed by atoms with Crippen molar-refractivity contribution in [3.63, 3.8) is 0 Å². The molecule has 1 rings (SSSR count). The smallest absolute Gasteiger partial charge is 0.0436 e. The Balaban J connectivity index is 2.43. The molecule has 1 aliphatic rings. The van der Waals surface area contributed by atoms with Gasteiger partial charge in [-0.15, -0.1) is 0 Å². The van der Waals surface area contributed by atoms with E-state index in [2.05, 4.69) is 26.0 Å². The molecular weight excluding hydrogens is 136 g/mol. The Bertz CT molecular complexity index is 147. The summed E-state index contributed by atoms with van der Waals surface area (Å²) in [7, 11) is 0. The van der Waals surface area contributed by atoms with Gasteiger partial charge in [0.2, 0.25) is 0 Å². The molecule has 0 aromatic rings. The van der Waals surface area contributed by atoms with Crippen molar-refractivity contribution in [2.45, 2.75) is 33.1 Å². The molecule has 0 unspecified atom stereocenters. The molecule has 11 heavy (non-hydrogen) atoms. The van der Waals surface area contributed by atoms with Crippen molar-refractivity contribution in [1.82, 2.24) is 0 Å². The van der Waals surface area contributed by atoms with E-state index in [-0.39, 0.29) is 0 Å². The van der Waals surface area contributed by atoms with Gasteiger partial charge in [-0.3, -0.25) is 0 Å². The molecular formula is C10H18O. The predicted octanol–water partition coefficient (Wildman–Crippen LogP) is 2.36. The molecule has 0 fully saturated rings. The Morgan fingerprint density at radius 3 is 2.73 bits per heavy atom. The maximum absolute atomic E-state index is 8.71. The lowest BCUT2D eigenvalue weighted by Gasteiger charge is -2.28. The van der Waals surface area contributed by atoms with E-state index in [1.54, 1.807) is 0 Å². The summed E-state index contributed by atoms with van der Waals surface area (Å²) in [6.07, 6.45) is 7.99. The van der Waals surface area contributed by atoms with E-state index >= 15 is 0 Å². The summed E-state index contributed by atoms with van der Waals surface area (Å²) in [4.78, 5) is 0. The quantitative estimate of drug-likeness (QED) is 0.605. The molecule has 1 atom stereocenters. The zero-order chi connectivity index (χ0) is 8.32. The van der Waals surface area contributed by atoms with Crippen molar-refractivity contribution in [2.24, 2.45) is 11.3 Å². The van der Waals surface area contributed by atoms with Gasteiger partial charge in [0, 0.05) is 6.61 Å². The van der Waals surface area contributed by atoms with E-state index in [9.17, 15) is 0 Å². The molecule has 64 valence electrons. The Hall–Kier alpha value is -0.300. The monoisotopic (exact) mass is 154 g/mol. The van der Waals surface area contributed by atoms with Crippen LogP contribution in [0.3, 0.4) is 0 Å². The fourth-order valence-corrected chi connectivity index (χ4v) is 1.54. The zero-order valence-electron chi connectivity index (χ0n) is 7.51. The van der Waals surface area contributed by atoms with E-state index in [1.165, 1.54) is 12.8 Å². The third-order valence-corrected chi connectivity index (χ3v) is 2.48. The Labute approximate surface area is 69.1 Å². The highest BCUT2D eigenvalue weighted by Gasteiger charge is 2.20. The second-order valence-corrected chi connectivity index (χ2v) is 4.16. The molecule has 0 saturated carbocycles. The summed E-state index contributed by atoms with van der Waals surface area (Å²) in [5, 5.41) is 8.71. The van der Waals surface area contributed by atoms with Gasteiger partial charge in [0.15, 0.2) is 0 Å². The fraction of sp³-hybridized carbons (Fsp3) is 0.800.